The third-order valence-electron chi connectivity index (χ3n) is 5.50. The molecule has 4 rings (SSSR count). The maximum atomic E-state index is 13.0. The predicted octanol–water partition coefficient (Wildman–Crippen LogP) is 3.62. The summed E-state index contributed by atoms with van der Waals surface area (Å²) in [6.45, 7) is 5.90. The molecule has 0 aliphatic heterocycles. The van der Waals surface area contributed by atoms with Gasteiger partial charge in [-0.2, -0.15) is 5.10 Å². The number of carbonyl (C=O) groups excluding carboxylic acids is 1. The van der Waals surface area contributed by atoms with E-state index in [2.05, 4.69) is 15.4 Å². The van der Waals surface area contributed by atoms with E-state index in [0.29, 0.717) is 16.9 Å². The smallest absolute Gasteiger partial charge is 0.273 e. The number of benzene rings is 2. The average molecular weight is 415 g/mol. The van der Waals surface area contributed by atoms with Gasteiger partial charge in [-0.15, -0.1) is 0 Å². The summed E-state index contributed by atoms with van der Waals surface area (Å²) < 4.78 is 3.29. The van der Waals surface area contributed by atoms with Crippen molar-refractivity contribution in [2.24, 2.45) is 7.05 Å². The second kappa shape index (κ2) is 8.18. The number of fused-ring (bicyclic) bond motifs is 1. The second-order valence-electron chi connectivity index (χ2n) is 7.77. The van der Waals surface area contributed by atoms with E-state index in [0.717, 1.165) is 22.6 Å². The third kappa shape index (κ3) is 3.99. The number of anilines is 1. The fourth-order valence-electron chi connectivity index (χ4n) is 3.60. The maximum absolute atomic E-state index is 13.0. The topological polar surface area (TPSA) is 81.8 Å². The van der Waals surface area contributed by atoms with Crippen molar-refractivity contribution in [2.45, 2.75) is 33.6 Å². The van der Waals surface area contributed by atoms with Crippen molar-refractivity contribution < 1.29 is 4.79 Å². The van der Waals surface area contributed by atoms with Crippen molar-refractivity contribution in [1.82, 2.24) is 19.3 Å². The molecule has 0 aliphatic rings. The summed E-state index contributed by atoms with van der Waals surface area (Å²) in [5.41, 5.74) is 6.07. The Morgan fingerprint density at radius 1 is 1.03 bits per heavy atom. The maximum Gasteiger partial charge on any atom is 0.273 e. The van der Waals surface area contributed by atoms with Crippen molar-refractivity contribution in [1.29, 1.82) is 0 Å². The van der Waals surface area contributed by atoms with Crippen LogP contribution in [-0.4, -0.2) is 25.2 Å². The molecular formula is C24H25N5O2. The molecule has 0 bridgehead atoms. The van der Waals surface area contributed by atoms with Crippen molar-refractivity contribution in [3.05, 3.63) is 81.4 Å². The van der Waals surface area contributed by atoms with E-state index in [1.54, 1.807) is 16.3 Å². The Morgan fingerprint density at radius 2 is 1.77 bits per heavy atom. The molecule has 0 unspecified atom stereocenters. The number of nitrogens with zero attached hydrogens (tertiary/aromatic N) is 4. The molecule has 0 atom stereocenters. The van der Waals surface area contributed by atoms with Gasteiger partial charge in [0.05, 0.1) is 11.4 Å². The molecule has 1 amide bonds. The molecule has 0 saturated carbocycles. The van der Waals surface area contributed by atoms with Crippen LogP contribution in [0.1, 0.15) is 28.9 Å². The quantitative estimate of drug-likeness (QED) is 0.540. The molecule has 4 aromatic rings. The van der Waals surface area contributed by atoms with Crippen LogP contribution in [-0.2, 0) is 18.3 Å². The van der Waals surface area contributed by atoms with Crippen LogP contribution in [0.2, 0.25) is 0 Å². The summed E-state index contributed by atoms with van der Waals surface area (Å²) in [6, 6.07) is 15.4. The van der Waals surface area contributed by atoms with E-state index in [1.807, 2.05) is 69.3 Å². The van der Waals surface area contributed by atoms with E-state index in [9.17, 15) is 9.59 Å². The summed E-state index contributed by atoms with van der Waals surface area (Å²) in [4.78, 5) is 30.0. The number of carbonyl (C=O) groups is 1. The van der Waals surface area contributed by atoms with Crippen LogP contribution in [0.4, 0.5) is 5.69 Å². The van der Waals surface area contributed by atoms with Gasteiger partial charge in [0, 0.05) is 25.6 Å². The Morgan fingerprint density at radius 3 is 2.48 bits per heavy atom. The van der Waals surface area contributed by atoms with Crippen LogP contribution in [0, 0.1) is 20.8 Å². The summed E-state index contributed by atoms with van der Waals surface area (Å²) in [6.07, 6.45) is 0.432. The average Bonchev–Trinajstić information content (AvgIpc) is 3.09. The summed E-state index contributed by atoms with van der Waals surface area (Å²) in [5.74, 6) is -0.149. The van der Waals surface area contributed by atoms with Gasteiger partial charge in [0.1, 0.15) is 11.2 Å². The highest BCUT2D eigenvalue weighted by atomic mass is 16.1. The Bertz CT molecular complexity index is 1340. The van der Waals surface area contributed by atoms with Gasteiger partial charge < -0.3 is 5.32 Å². The fraction of sp³-hybridized carbons (Fsp3) is 0.250. The predicted molar refractivity (Wildman–Crippen MR) is 122 cm³/mol. The van der Waals surface area contributed by atoms with Gasteiger partial charge in [0.25, 0.3) is 5.56 Å². The van der Waals surface area contributed by atoms with Gasteiger partial charge in [0.15, 0.2) is 5.65 Å². The van der Waals surface area contributed by atoms with Crippen molar-refractivity contribution >= 4 is 22.8 Å². The zero-order chi connectivity index (χ0) is 22.1. The van der Waals surface area contributed by atoms with E-state index < -0.39 is 0 Å². The Hall–Kier alpha value is -3.74. The number of para-hydroxylation sites is 1. The highest BCUT2D eigenvalue weighted by Gasteiger charge is 2.18. The minimum absolute atomic E-state index is 0.149. The van der Waals surface area contributed by atoms with Crippen molar-refractivity contribution in [3.8, 4) is 5.69 Å². The summed E-state index contributed by atoms with van der Waals surface area (Å²) >= 11 is 0. The van der Waals surface area contributed by atoms with E-state index in [-0.39, 0.29) is 24.3 Å². The molecule has 0 radical (unpaired) electrons. The zero-order valence-electron chi connectivity index (χ0n) is 18.1. The second-order valence-corrected chi connectivity index (χ2v) is 7.77. The lowest BCUT2D eigenvalue weighted by Crippen LogP contribution is -2.25. The first-order valence-electron chi connectivity index (χ1n) is 10.2. The van der Waals surface area contributed by atoms with Gasteiger partial charge >= 0.3 is 0 Å². The van der Waals surface area contributed by atoms with Crippen molar-refractivity contribution in [2.75, 3.05) is 5.32 Å². The molecular weight excluding hydrogens is 390 g/mol. The SMILES string of the molecule is Cc1ccc(NC(=O)CCc2nc3c(C)nn(-c4ccccc4)c3n(C)c2=O)cc1C. The van der Waals surface area contributed by atoms with Crippen LogP contribution in [0.3, 0.4) is 0 Å². The molecule has 0 aliphatic carbocycles. The molecule has 2 heterocycles. The molecule has 2 aromatic carbocycles. The highest BCUT2D eigenvalue weighted by Crippen LogP contribution is 2.19. The van der Waals surface area contributed by atoms with E-state index >= 15 is 0 Å². The molecule has 0 spiro atoms. The van der Waals surface area contributed by atoms with E-state index in [1.165, 1.54) is 5.56 Å². The lowest BCUT2D eigenvalue weighted by Gasteiger charge is -2.09. The summed E-state index contributed by atoms with van der Waals surface area (Å²) in [7, 11) is 1.71. The van der Waals surface area contributed by atoms with Gasteiger partial charge in [0.2, 0.25) is 5.91 Å². The first-order valence-corrected chi connectivity index (χ1v) is 10.2. The molecule has 2 aromatic heterocycles. The number of aryl methyl sites for hydroxylation is 5. The largest absolute Gasteiger partial charge is 0.326 e. The highest BCUT2D eigenvalue weighted by molar-refractivity contribution is 5.91. The van der Waals surface area contributed by atoms with Crippen LogP contribution in [0.15, 0.2) is 53.3 Å². The minimum Gasteiger partial charge on any atom is -0.326 e. The molecule has 0 saturated heterocycles. The van der Waals surface area contributed by atoms with Crippen LogP contribution < -0.4 is 10.9 Å². The molecule has 158 valence electrons. The fourth-order valence-corrected chi connectivity index (χ4v) is 3.60. The molecule has 7 heteroatoms. The number of hydrogen-bond donors (Lipinski definition) is 1. The lowest BCUT2D eigenvalue weighted by molar-refractivity contribution is -0.116. The van der Waals surface area contributed by atoms with Crippen LogP contribution >= 0.6 is 0 Å². The molecule has 1 N–H and O–H groups in total. The Balaban J connectivity index is 1.59. The standard InChI is InChI=1S/C24H25N5O2/c1-15-10-11-18(14-16(15)2)25-21(30)13-12-20-24(31)28(4)23-22(26-20)17(3)27-29(23)19-8-6-5-7-9-19/h5-11,14H,12-13H2,1-4H3,(H,25,30). The normalized spacial score (nSPS) is 11.1. The number of nitrogens with one attached hydrogen (secondary N) is 1. The first-order chi connectivity index (χ1) is 14.8. The van der Waals surface area contributed by atoms with Gasteiger partial charge in [-0.3, -0.25) is 14.2 Å². The Kier molecular flexibility index (Phi) is 5.42. The van der Waals surface area contributed by atoms with Gasteiger partial charge in [-0.25, -0.2) is 9.67 Å². The third-order valence-corrected chi connectivity index (χ3v) is 5.50. The number of amides is 1. The number of hydrogen-bond acceptors (Lipinski definition) is 4. The van der Waals surface area contributed by atoms with Crippen molar-refractivity contribution in [3.63, 3.8) is 0 Å². The monoisotopic (exact) mass is 415 g/mol. The molecule has 0 fully saturated rings. The first kappa shape index (κ1) is 20.5. The van der Waals surface area contributed by atoms with Crippen LogP contribution in [0.5, 0.6) is 0 Å². The Labute approximate surface area is 180 Å². The summed E-state index contributed by atoms with van der Waals surface area (Å²) in [5, 5.41) is 7.48. The van der Waals surface area contributed by atoms with Crippen LogP contribution in [0.25, 0.3) is 16.9 Å². The zero-order valence-corrected chi connectivity index (χ0v) is 18.1. The minimum atomic E-state index is -0.219. The van der Waals surface area contributed by atoms with Gasteiger partial charge in [-0.1, -0.05) is 24.3 Å². The molecule has 31 heavy (non-hydrogen) atoms. The number of rotatable bonds is 5. The lowest BCUT2D eigenvalue weighted by atomic mass is 10.1. The van der Waals surface area contributed by atoms with Gasteiger partial charge in [-0.05, 0) is 56.2 Å². The number of aromatic nitrogens is 4. The van der Waals surface area contributed by atoms with E-state index in [4.69, 9.17) is 0 Å². The molecule has 7 nitrogen and oxygen atoms in total.